The molecule has 0 spiro atoms. The number of fused-ring (bicyclic) bond motifs is 1. The van der Waals surface area contributed by atoms with E-state index in [1.807, 2.05) is 0 Å². The maximum Gasteiger partial charge on any atom is 0.339 e. The average Bonchev–Trinajstić information content (AvgIpc) is 2.55. The number of hydrogen-bond acceptors (Lipinski definition) is 5. The number of H-pyrrole nitrogens is 1. The van der Waals surface area contributed by atoms with Gasteiger partial charge in [-0.3, -0.25) is 14.8 Å². The summed E-state index contributed by atoms with van der Waals surface area (Å²) < 4.78 is 0. The summed E-state index contributed by atoms with van der Waals surface area (Å²) in [6, 6.07) is 10.6. The molecule has 7 nitrogen and oxygen atoms in total. The van der Waals surface area contributed by atoms with Crippen LogP contribution < -0.4 is 5.56 Å². The monoisotopic (exact) mass is 324 g/mol. The molecule has 3 aromatic rings. The molecular weight excluding hydrogens is 312 g/mol. The predicted octanol–water partition coefficient (Wildman–Crippen LogP) is 2.39. The maximum atomic E-state index is 11.8. The summed E-state index contributed by atoms with van der Waals surface area (Å²) in [6.45, 7) is 0. The third kappa shape index (κ3) is 2.70. The Morgan fingerprint density at radius 1 is 1.08 bits per heavy atom. The van der Waals surface area contributed by atoms with Gasteiger partial charge in [0.1, 0.15) is 11.3 Å². The fourth-order valence-corrected chi connectivity index (χ4v) is 2.33. The largest absolute Gasteiger partial charge is 0.507 e. The number of carbonyl (C=O) groups is 1. The van der Waals surface area contributed by atoms with Gasteiger partial charge in [-0.05, 0) is 24.3 Å². The fraction of sp³-hybridized carbons (Fsp3) is 0. The molecule has 0 fully saturated rings. The molecule has 3 rings (SSSR count). The van der Waals surface area contributed by atoms with Crippen molar-refractivity contribution in [2.24, 2.45) is 4.99 Å². The number of pyridine rings is 1. The number of aliphatic imine (C=N–C) groups is 1. The van der Waals surface area contributed by atoms with E-state index in [-0.39, 0.29) is 22.9 Å². The molecule has 0 atom stereocenters. The molecule has 0 unspecified atom stereocenters. The molecule has 120 valence electrons. The van der Waals surface area contributed by atoms with Crippen LogP contribution in [-0.2, 0) is 0 Å². The van der Waals surface area contributed by atoms with Gasteiger partial charge in [0.25, 0.3) is 5.56 Å². The van der Waals surface area contributed by atoms with Crippen LogP contribution in [-0.4, -0.2) is 32.5 Å². The van der Waals surface area contributed by atoms with Crippen molar-refractivity contribution in [1.29, 1.82) is 0 Å². The summed E-state index contributed by atoms with van der Waals surface area (Å²) in [5.74, 6) is -1.97. The number of aromatic carboxylic acids is 1. The molecule has 0 aliphatic rings. The van der Waals surface area contributed by atoms with Crippen molar-refractivity contribution in [3.8, 4) is 11.6 Å². The second-order valence-corrected chi connectivity index (χ2v) is 5.03. The highest BCUT2D eigenvalue weighted by Gasteiger charge is 2.11. The predicted molar refractivity (Wildman–Crippen MR) is 88.6 cm³/mol. The number of aromatic amines is 1. The minimum Gasteiger partial charge on any atom is -0.507 e. The van der Waals surface area contributed by atoms with Crippen LogP contribution in [0.5, 0.6) is 11.6 Å². The first-order valence-electron chi connectivity index (χ1n) is 6.91. The summed E-state index contributed by atoms with van der Waals surface area (Å²) in [6.07, 6.45) is 1.33. The first-order chi connectivity index (χ1) is 11.5. The van der Waals surface area contributed by atoms with E-state index in [1.165, 1.54) is 24.4 Å². The minimum absolute atomic E-state index is 0.278. The van der Waals surface area contributed by atoms with Gasteiger partial charge in [-0.15, -0.1) is 0 Å². The van der Waals surface area contributed by atoms with Crippen molar-refractivity contribution in [2.75, 3.05) is 0 Å². The Kier molecular flexibility index (Phi) is 3.75. The molecule has 0 aliphatic heterocycles. The van der Waals surface area contributed by atoms with Crippen LogP contribution in [0.15, 0.2) is 52.3 Å². The standard InChI is InChI=1S/C17H12N2O5/c20-14-6-5-9(7-12(14)17(23)24)18-8-13-10-3-1-2-4-11(10)15(21)19-16(13)22/h1-8,20H,(H,23,24)(H2,19,21,22). The minimum atomic E-state index is -1.28. The second-order valence-electron chi connectivity index (χ2n) is 5.03. The molecule has 2 aromatic carbocycles. The van der Waals surface area contributed by atoms with Gasteiger partial charge in [-0.2, -0.15) is 0 Å². The van der Waals surface area contributed by atoms with E-state index < -0.39 is 11.5 Å². The van der Waals surface area contributed by atoms with Gasteiger partial charge >= 0.3 is 5.97 Å². The van der Waals surface area contributed by atoms with E-state index in [9.17, 15) is 19.8 Å². The second kappa shape index (κ2) is 5.88. The molecule has 0 saturated carbocycles. The van der Waals surface area contributed by atoms with Crippen LogP contribution >= 0.6 is 0 Å². The zero-order chi connectivity index (χ0) is 17.3. The van der Waals surface area contributed by atoms with Crippen molar-refractivity contribution < 1.29 is 20.1 Å². The van der Waals surface area contributed by atoms with Gasteiger partial charge in [-0.25, -0.2) is 4.79 Å². The fourth-order valence-electron chi connectivity index (χ4n) is 2.33. The number of aromatic nitrogens is 1. The highest BCUT2D eigenvalue weighted by molar-refractivity contribution is 6.02. The number of nitrogens with one attached hydrogen (secondary N) is 1. The lowest BCUT2D eigenvalue weighted by molar-refractivity contribution is 0.0693. The molecule has 24 heavy (non-hydrogen) atoms. The molecular formula is C17H12N2O5. The Morgan fingerprint density at radius 3 is 2.50 bits per heavy atom. The number of benzene rings is 2. The van der Waals surface area contributed by atoms with Crippen molar-refractivity contribution >= 4 is 28.6 Å². The Hall–Kier alpha value is -3.61. The number of hydrogen-bond donors (Lipinski definition) is 4. The van der Waals surface area contributed by atoms with Crippen LogP contribution in [0.4, 0.5) is 5.69 Å². The van der Waals surface area contributed by atoms with Crippen LogP contribution in [0.25, 0.3) is 10.8 Å². The van der Waals surface area contributed by atoms with Crippen molar-refractivity contribution in [2.45, 2.75) is 0 Å². The maximum absolute atomic E-state index is 11.8. The highest BCUT2D eigenvalue weighted by atomic mass is 16.4. The Labute approximate surface area is 135 Å². The Balaban J connectivity index is 2.11. The number of aromatic hydroxyl groups is 2. The summed E-state index contributed by atoms with van der Waals surface area (Å²) in [4.78, 5) is 29.3. The molecule has 0 amide bonds. The topological polar surface area (TPSA) is 123 Å². The average molecular weight is 324 g/mol. The number of carboxylic acid groups (broad SMARTS) is 1. The third-order valence-corrected chi connectivity index (χ3v) is 3.50. The molecule has 0 aliphatic carbocycles. The lowest BCUT2D eigenvalue weighted by Gasteiger charge is -2.04. The van der Waals surface area contributed by atoms with Crippen LogP contribution in [0, 0.1) is 0 Å². The number of rotatable bonds is 3. The van der Waals surface area contributed by atoms with E-state index >= 15 is 0 Å². The highest BCUT2D eigenvalue weighted by Crippen LogP contribution is 2.25. The van der Waals surface area contributed by atoms with Gasteiger partial charge in [-0.1, -0.05) is 18.2 Å². The van der Waals surface area contributed by atoms with E-state index in [1.54, 1.807) is 24.3 Å². The Bertz CT molecular complexity index is 1040. The van der Waals surface area contributed by atoms with Crippen LogP contribution in [0.2, 0.25) is 0 Å². The van der Waals surface area contributed by atoms with E-state index in [0.717, 1.165) is 0 Å². The first-order valence-corrected chi connectivity index (χ1v) is 6.91. The summed E-state index contributed by atoms with van der Waals surface area (Å²) in [5, 5.41) is 29.4. The van der Waals surface area contributed by atoms with Crippen molar-refractivity contribution in [1.82, 2.24) is 4.98 Å². The lowest BCUT2D eigenvalue weighted by atomic mass is 10.1. The number of carboxylic acids is 1. The Morgan fingerprint density at radius 2 is 1.79 bits per heavy atom. The summed E-state index contributed by atoms with van der Waals surface area (Å²) >= 11 is 0. The van der Waals surface area contributed by atoms with Crippen LogP contribution in [0.3, 0.4) is 0 Å². The molecule has 0 saturated heterocycles. The van der Waals surface area contributed by atoms with Gasteiger partial charge < -0.3 is 15.3 Å². The third-order valence-electron chi connectivity index (χ3n) is 3.50. The SMILES string of the molecule is O=C(O)c1cc(N=Cc2c(O)[nH]c(=O)c3ccccc23)ccc1O. The lowest BCUT2D eigenvalue weighted by Crippen LogP contribution is -2.07. The summed E-state index contributed by atoms with van der Waals surface area (Å²) in [7, 11) is 0. The molecule has 0 radical (unpaired) electrons. The van der Waals surface area contributed by atoms with Gasteiger partial charge in [0.2, 0.25) is 5.88 Å². The number of phenols is 1. The van der Waals surface area contributed by atoms with Crippen molar-refractivity contribution in [3.05, 3.63) is 63.9 Å². The van der Waals surface area contributed by atoms with Gasteiger partial charge in [0, 0.05) is 17.0 Å². The van der Waals surface area contributed by atoms with Crippen LogP contribution in [0.1, 0.15) is 15.9 Å². The van der Waals surface area contributed by atoms with Gasteiger partial charge in [0.05, 0.1) is 11.3 Å². The molecule has 1 aromatic heterocycles. The first kappa shape index (κ1) is 15.3. The van der Waals surface area contributed by atoms with Gasteiger partial charge in [0.15, 0.2) is 0 Å². The van der Waals surface area contributed by atoms with Crippen molar-refractivity contribution in [3.63, 3.8) is 0 Å². The molecule has 1 heterocycles. The summed E-state index contributed by atoms with van der Waals surface area (Å²) in [5.41, 5.74) is -0.117. The molecule has 7 heteroatoms. The van der Waals surface area contributed by atoms with E-state index in [4.69, 9.17) is 5.11 Å². The smallest absolute Gasteiger partial charge is 0.339 e. The van der Waals surface area contributed by atoms with E-state index in [2.05, 4.69) is 9.98 Å². The number of nitrogens with zero attached hydrogens (tertiary/aromatic N) is 1. The zero-order valence-electron chi connectivity index (χ0n) is 12.2. The molecule has 0 bridgehead atoms. The van der Waals surface area contributed by atoms with E-state index in [0.29, 0.717) is 16.3 Å². The molecule has 4 N–H and O–H groups in total. The zero-order valence-corrected chi connectivity index (χ0v) is 12.2. The normalized spacial score (nSPS) is 11.2. The quantitative estimate of drug-likeness (QED) is 0.551.